The highest BCUT2D eigenvalue weighted by molar-refractivity contribution is 6.04. The Kier molecular flexibility index (Phi) is 7.24. The largest absolute Gasteiger partial charge is 0.488 e. The fourth-order valence-corrected chi connectivity index (χ4v) is 4.01. The van der Waals surface area contributed by atoms with Gasteiger partial charge in [0.2, 0.25) is 0 Å². The lowest BCUT2D eigenvalue weighted by Gasteiger charge is -2.18. The van der Waals surface area contributed by atoms with Gasteiger partial charge in [-0.1, -0.05) is 115 Å². The molecular formula is C32H26O4. The van der Waals surface area contributed by atoms with Gasteiger partial charge in [0.1, 0.15) is 36.9 Å². The second-order valence-electron chi connectivity index (χ2n) is 8.41. The highest BCUT2D eigenvalue weighted by atomic mass is 16.5. The number of hydrogen-bond donors (Lipinski definition) is 0. The van der Waals surface area contributed by atoms with Gasteiger partial charge in [-0.25, -0.2) is 4.79 Å². The van der Waals surface area contributed by atoms with Crippen LogP contribution in [0.5, 0.6) is 11.5 Å². The molecule has 0 N–H and O–H groups in total. The number of rotatable bonds is 9. The summed E-state index contributed by atoms with van der Waals surface area (Å²) in [6.07, 6.45) is 0. The number of carbonyl (C=O) groups is 1. The van der Waals surface area contributed by atoms with Crippen LogP contribution in [-0.4, -0.2) is 5.97 Å². The lowest BCUT2D eigenvalue weighted by molar-refractivity contribution is 0.0467. The summed E-state index contributed by atoms with van der Waals surface area (Å²) in [6.45, 7) is 0.881. The van der Waals surface area contributed by atoms with Crippen LogP contribution in [0, 0.1) is 0 Å². The first-order chi connectivity index (χ1) is 17.8. The van der Waals surface area contributed by atoms with Crippen LogP contribution in [0.3, 0.4) is 0 Å². The first-order valence-electron chi connectivity index (χ1n) is 11.9. The smallest absolute Gasteiger partial charge is 0.342 e. The van der Waals surface area contributed by atoms with E-state index >= 15 is 0 Å². The molecule has 0 saturated carbocycles. The Morgan fingerprint density at radius 3 is 1.58 bits per heavy atom. The van der Waals surface area contributed by atoms with Crippen molar-refractivity contribution in [3.63, 3.8) is 0 Å². The predicted molar refractivity (Wildman–Crippen MR) is 141 cm³/mol. The number of benzene rings is 5. The maximum atomic E-state index is 13.4. The first kappa shape index (κ1) is 23.2. The minimum Gasteiger partial charge on any atom is -0.488 e. The van der Waals surface area contributed by atoms with Crippen LogP contribution in [0.15, 0.2) is 121 Å². The third-order valence-electron chi connectivity index (χ3n) is 5.85. The summed E-state index contributed by atoms with van der Waals surface area (Å²) in [5, 5.41) is 1.67. The Morgan fingerprint density at radius 2 is 1.00 bits per heavy atom. The predicted octanol–water partition coefficient (Wildman–Crippen LogP) is 7.35. The topological polar surface area (TPSA) is 44.8 Å². The molecule has 0 saturated heterocycles. The van der Waals surface area contributed by atoms with Crippen molar-refractivity contribution in [3.8, 4) is 11.5 Å². The van der Waals surface area contributed by atoms with Crippen LogP contribution >= 0.6 is 0 Å². The number of hydrogen-bond acceptors (Lipinski definition) is 4. The number of carbonyl (C=O) groups excluding carboxylic acids is 1. The standard InChI is InChI=1S/C32H26O4/c33-32(36-23-26-16-8-3-9-17-26)29-20-30(34-21-24-12-4-1-5-13-24)27-18-10-11-19-28(27)31(29)35-22-25-14-6-2-7-15-25/h1-20H,21-23H2. The Labute approximate surface area is 210 Å². The van der Waals surface area contributed by atoms with E-state index in [9.17, 15) is 4.79 Å². The summed E-state index contributed by atoms with van der Waals surface area (Å²) < 4.78 is 18.2. The van der Waals surface area contributed by atoms with Gasteiger partial charge in [0.25, 0.3) is 0 Å². The van der Waals surface area contributed by atoms with Gasteiger partial charge in [-0.15, -0.1) is 0 Å². The van der Waals surface area contributed by atoms with Crippen molar-refractivity contribution in [2.45, 2.75) is 19.8 Å². The molecule has 0 aliphatic heterocycles. The summed E-state index contributed by atoms with van der Waals surface area (Å²) in [6, 6.07) is 39.0. The maximum Gasteiger partial charge on any atom is 0.342 e. The molecule has 5 aromatic rings. The van der Waals surface area contributed by atoms with Crippen molar-refractivity contribution < 1.29 is 19.0 Å². The lowest BCUT2D eigenvalue weighted by Crippen LogP contribution is -2.10. The van der Waals surface area contributed by atoms with E-state index in [-0.39, 0.29) is 6.61 Å². The summed E-state index contributed by atoms with van der Waals surface area (Å²) in [5.74, 6) is 0.630. The van der Waals surface area contributed by atoms with Crippen LogP contribution in [0.2, 0.25) is 0 Å². The highest BCUT2D eigenvalue weighted by Crippen LogP contribution is 2.38. The molecule has 0 radical (unpaired) electrons. The summed E-state index contributed by atoms with van der Waals surface area (Å²) >= 11 is 0. The van der Waals surface area contributed by atoms with E-state index in [1.165, 1.54) is 0 Å². The van der Waals surface area contributed by atoms with Crippen LogP contribution in [0.25, 0.3) is 10.8 Å². The van der Waals surface area contributed by atoms with E-state index in [1.807, 2.05) is 115 Å². The van der Waals surface area contributed by atoms with Gasteiger partial charge in [-0.3, -0.25) is 0 Å². The van der Waals surface area contributed by atoms with Gasteiger partial charge in [0, 0.05) is 10.8 Å². The van der Waals surface area contributed by atoms with Gasteiger partial charge < -0.3 is 14.2 Å². The Bertz CT molecular complexity index is 1430. The maximum absolute atomic E-state index is 13.4. The molecule has 0 unspecified atom stereocenters. The number of ether oxygens (including phenoxy) is 3. The zero-order valence-corrected chi connectivity index (χ0v) is 19.8. The van der Waals surface area contributed by atoms with E-state index in [0.717, 1.165) is 27.5 Å². The molecule has 0 bridgehead atoms. The molecule has 0 aromatic heterocycles. The fourth-order valence-electron chi connectivity index (χ4n) is 4.01. The van der Waals surface area contributed by atoms with Crippen molar-refractivity contribution >= 4 is 16.7 Å². The number of esters is 1. The Hall–Kier alpha value is -4.57. The minimum atomic E-state index is -0.461. The van der Waals surface area contributed by atoms with Crippen molar-refractivity contribution in [1.29, 1.82) is 0 Å². The molecule has 0 amide bonds. The van der Waals surface area contributed by atoms with Crippen molar-refractivity contribution in [2.75, 3.05) is 0 Å². The zero-order valence-electron chi connectivity index (χ0n) is 19.8. The van der Waals surface area contributed by atoms with E-state index in [1.54, 1.807) is 6.07 Å². The molecule has 0 heterocycles. The van der Waals surface area contributed by atoms with Crippen molar-refractivity contribution in [1.82, 2.24) is 0 Å². The lowest BCUT2D eigenvalue weighted by atomic mass is 10.0. The molecule has 0 atom stereocenters. The van der Waals surface area contributed by atoms with E-state index in [0.29, 0.717) is 30.3 Å². The van der Waals surface area contributed by atoms with E-state index in [2.05, 4.69) is 0 Å². The van der Waals surface area contributed by atoms with Gasteiger partial charge >= 0.3 is 5.97 Å². The van der Waals surface area contributed by atoms with E-state index in [4.69, 9.17) is 14.2 Å². The molecular weight excluding hydrogens is 448 g/mol. The average molecular weight is 475 g/mol. The molecule has 178 valence electrons. The molecule has 0 spiro atoms. The summed E-state index contributed by atoms with van der Waals surface area (Å²) in [7, 11) is 0. The van der Waals surface area contributed by atoms with Crippen LogP contribution in [0.1, 0.15) is 27.0 Å². The highest BCUT2D eigenvalue weighted by Gasteiger charge is 2.21. The molecule has 0 fully saturated rings. The summed E-state index contributed by atoms with van der Waals surface area (Å²) in [4.78, 5) is 13.4. The first-order valence-corrected chi connectivity index (χ1v) is 11.9. The monoisotopic (exact) mass is 474 g/mol. The minimum absolute atomic E-state index is 0.171. The molecule has 0 aliphatic carbocycles. The van der Waals surface area contributed by atoms with Gasteiger partial charge in [-0.2, -0.15) is 0 Å². The second kappa shape index (κ2) is 11.2. The van der Waals surface area contributed by atoms with Crippen molar-refractivity contribution in [2.24, 2.45) is 0 Å². The van der Waals surface area contributed by atoms with Crippen LogP contribution in [0.4, 0.5) is 0 Å². The molecule has 4 heteroatoms. The van der Waals surface area contributed by atoms with Crippen LogP contribution in [-0.2, 0) is 24.6 Å². The molecule has 0 aliphatic rings. The zero-order chi connectivity index (χ0) is 24.6. The quantitative estimate of drug-likeness (QED) is 0.209. The molecule has 36 heavy (non-hydrogen) atoms. The molecule has 5 rings (SSSR count). The SMILES string of the molecule is O=C(OCc1ccccc1)c1cc(OCc2ccccc2)c2ccccc2c1OCc1ccccc1. The van der Waals surface area contributed by atoms with Gasteiger partial charge in [0.15, 0.2) is 0 Å². The Morgan fingerprint density at radius 1 is 0.528 bits per heavy atom. The average Bonchev–Trinajstić information content (AvgIpc) is 2.95. The molecule has 4 nitrogen and oxygen atoms in total. The summed E-state index contributed by atoms with van der Waals surface area (Å²) in [5.41, 5.74) is 3.30. The third kappa shape index (κ3) is 5.56. The Balaban J connectivity index is 1.50. The molecule has 5 aromatic carbocycles. The van der Waals surface area contributed by atoms with Gasteiger partial charge in [0.05, 0.1) is 0 Å². The number of fused-ring (bicyclic) bond motifs is 1. The second-order valence-corrected chi connectivity index (χ2v) is 8.41. The fraction of sp³-hybridized carbons (Fsp3) is 0.0938. The third-order valence-corrected chi connectivity index (χ3v) is 5.85. The van der Waals surface area contributed by atoms with Crippen LogP contribution < -0.4 is 9.47 Å². The van der Waals surface area contributed by atoms with Gasteiger partial charge in [-0.05, 0) is 22.8 Å². The van der Waals surface area contributed by atoms with E-state index < -0.39 is 5.97 Å². The van der Waals surface area contributed by atoms with Crippen molar-refractivity contribution in [3.05, 3.63) is 144 Å². The normalized spacial score (nSPS) is 10.7.